The van der Waals surface area contributed by atoms with Crippen molar-refractivity contribution in [3.8, 4) is 0 Å². The third-order valence-corrected chi connectivity index (χ3v) is 5.22. The Kier molecular flexibility index (Phi) is 4.91. The maximum Gasteiger partial charge on any atom is 0.0581 e. The molecule has 3 unspecified atom stereocenters. The zero-order valence-corrected chi connectivity index (χ0v) is 13.2. The molecule has 2 aliphatic rings. The molecular weight excluding hydrogens is 236 g/mol. The summed E-state index contributed by atoms with van der Waals surface area (Å²) < 4.78 is 0. The van der Waals surface area contributed by atoms with E-state index in [2.05, 4.69) is 37.5 Å². The van der Waals surface area contributed by atoms with Crippen molar-refractivity contribution in [3.63, 3.8) is 0 Å². The van der Waals surface area contributed by atoms with Crippen LogP contribution in [0.25, 0.3) is 0 Å². The number of piperazine rings is 1. The summed E-state index contributed by atoms with van der Waals surface area (Å²) in [4.78, 5) is 5.13. The second-order valence-electron chi connectivity index (χ2n) is 7.47. The van der Waals surface area contributed by atoms with Crippen LogP contribution in [-0.2, 0) is 0 Å². The number of aliphatic hydroxyl groups excluding tert-OH is 1. The van der Waals surface area contributed by atoms with Crippen LogP contribution in [0.2, 0.25) is 0 Å². The van der Waals surface area contributed by atoms with E-state index in [1.165, 1.54) is 25.9 Å². The third-order valence-electron chi connectivity index (χ3n) is 5.22. The SMILES string of the molecule is CCN1CCN(CC2CC(C)(C)CCC2O)CC1C. The van der Waals surface area contributed by atoms with Crippen molar-refractivity contribution >= 4 is 0 Å². The van der Waals surface area contributed by atoms with E-state index in [1.807, 2.05) is 0 Å². The normalized spacial score (nSPS) is 37.4. The highest BCUT2D eigenvalue weighted by Crippen LogP contribution is 2.39. The quantitative estimate of drug-likeness (QED) is 0.850. The molecule has 0 aromatic heterocycles. The van der Waals surface area contributed by atoms with Crippen molar-refractivity contribution in [3.05, 3.63) is 0 Å². The Labute approximate surface area is 119 Å². The van der Waals surface area contributed by atoms with E-state index in [0.717, 1.165) is 26.1 Å². The number of nitrogens with zero attached hydrogens (tertiary/aromatic N) is 2. The Balaban J connectivity index is 1.87. The first-order chi connectivity index (χ1) is 8.91. The summed E-state index contributed by atoms with van der Waals surface area (Å²) in [5, 5.41) is 10.3. The molecule has 1 heterocycles. The van der Waals surface area contributed by atoms with Gasteiger partial charge in [0.2, 0.25) is 0 Å². The lowest BCUT2D eigenvalue weighted by Gasteiger charge is -2.44. The zero-order valence-electron chi connectivity index (χ0n) is 13.2. The number of aliphatic hydroxyl groups is 1. The van der Waals surface area contributed by atoms with Gasteiger partial charge in [0.25, 0.3) is 0 Å². The summed E-state index contributed by atoms with van der Waals surface area (Å²) >= 11 is 0. The summed E-state index contributed by atoms with van der Waals surface area (Å²) in [5.74, 6) is 0.476. The molecule has 0 aromatic carbocycles. The predicted molar refractivity (Wildman–Crippen MR) is 80.3 cm³/mol. The van der Waals surface area contributed by atoms with E-state index in [1.54, 1.807) is 0 Å². The Bertz CT molecular complexity index is 292. The van der Waals surface area contributed by atoms with Gasteiger partial charge in [0.1, 0.15) is 0 Å². The molecule has 3 nitrogen and oxygen atoms in total. The highest BCUT2D eigenvalue weighted by molar-refractivity contribution is 4.88. The first kappa shape index (κ1) is 15.3. The molecule has 0 aromatic rings. The van der Waals surface area contributed by atoms with Gasteiger partial charge >= 0.3 is 0 Å². The van der Waals surface area contributed by atoms with E-state index in [0.29, 0.717) is 17.4 Å². The largest absolute Gasteiger partial charge is 0.393 e. The van der Waals surface area contributed by atoms with Gasteiger partial charge in [-0.3, -0.25) is 4.90 Å². The van der Waals surface area contributed by atoms with Crippen molar-refractivity contribution in [1.29, 1.82) is 0 Å². The van der Waals surface area contributed by atoms with E-state index >= 15 is 0 Å². The fourth-order valence-corrected chi connectivity index (χ4v) is 3.95. The minimum absolute atomic E-state index is 0.0764. The molecular formula is C16H32N2O. The van der Waals surface area contributed by atoms with Crippen LogP contribution in [0.3, 0.4) is 0 Å². The molecule has 3 atom stereocenters. The Morgan fingerprint density at radius 2 is 2.00 bits per heavy atom. The average Bonchev–Trinajstić information content (AvgIpc) is 2.34. The zero-order chi connectivity index (χ0) is 14.0. The fourth-order valence-electron chi connectivity index (χ4n) is 3.95. The second-order valence-corrected chi connectivity index (χ2v) is 7.47. The number of rotatable bonds is 3. The first-order valence-electron chi connectivity index (χ1n) is 8.06. The van der Waals surface area contributed by atoms with Crippen LogP contribution in [0.15, 0.2) is 0 Å². The van der Waals surface area contributed by atoms with Gasteiger partial charge in [0.05, 0.1) is 6.10 Å². The Hall–Kier alpha value is -0.120. The second kappa shape index (κ2) is 6.11. The molecule has 1 N–H and O–H groups in total. The smallest absolute Gasteiger partial charge is 0.0581 e. The lowest BCUT2D eigenvalue weighted by molar-refractivity contribution is -0.00955. The molecule has 1 aliphatic carbocycles. The topological polar surface area (TPSA) is 26.7 Å². The van der Waals surface area contributed by atoms with E-state index in [4.69, 9.17) is 0 Å². The van der Waals surface area contributed by atoms with Gasteiger partial charge < -0.3 is 10.0 Å². The van der Waals surface area contributed by atoms with Crippen LogP contribution < -0.4 is 0 Å². The summed E-state index contributed by atoms with van der Waals surface area (Å²) in [6.07, 6.45) is 3.26. The average molecular weight is 268 g/mol. The van der Waals surface area contributed by atoms with Gasteiger partial charge in [-0.25, -0.2) is 0 Å². The molecule has 2 fully saturated rings. The van der Waals surface area contributed by atoms with Crippen LogP contribution in [0.1, 0.15) is 47.0 Å². The third kappa shape index (κ3) is 3.93. The number of likely N-dealkylation sites (N-methyl/N-ethyl adjacent to an activating group) is 1. The Morgan fingerprint density at radius 1 is 1.26 bits per heavy atom. The Morgan fingerprint density at radius 3 is 2.63 bits per heavy atom. The van der Waals surface area contributed by atoms with Gasteiger partial charge in [-0.2, -0.15) is 0 Å². The molecule has 0 bridgehead atoms. The standard InChI is InChI=1S/C16H32N2O/c1-5-18-9-8-17(11-13(18)2)12-14-10-16(3,4)7-6-15(14)19/h13-15,19H,5-12H2,1-4H3. The molecule has 1 saturated heterocycles. The van der Waals surface area contributed by atoms with Gasteiger partial charge in [-0.05, 0) is 44.1 Å². The van der Waals surface area contributed by atoms with E-state index in [-0.39, 0.29) is 6.10 Å². The first-order valence-corrected chi connectivity index (χ1v) is 8.06. The van der Waals surface area contributed by atoms with Crippen molar-refractivity contribution < 1.29 is 5.11 Å². The van der Waals surface area contributed by atoms with Gasteiger partial charge in [0.15, 0.2) is 0 Å². The van der Waals surface area contributed by atoms with Crippen LogP contribution in [0.5, 0.6) is 0 Å². The van der Waals surface area contributed by atoms with Crippen LogP contribution >= 0.6 is 0 Å². The molecule has 2 rings (SSSR count). The molecule has 0 spiro atoms. The maximum absolute atomic E-state index is 10.3. The molecule has 112 valence electrons. The van der Waals surface area contributed by atoms with Gasteiger partial charge in [0, 0.05) is 32.2 Å². The van der Waals surface area contributed by atoms with Crippen LogP contribution in [0, 0.1) is 11.3 Å². The molecule has 1 saturated carbocycles. The minimum Gasteiger partial charge on any atom is -0.393 e. The molecule has 0 radical (unpaired) electrons. The highest BCUT2D eigenvalue weighted by Gasteiger charge is 2.35. The lowest BCUT2D eigenvalue weighted by atomic mass is 9.70. The minimum atomic E-state index is -0.0764. The number of hydrogen-bond acceptors (Lipinski definition) is 3. The maximum atomic E-state index is 10.3. The highest BCUT2D eigenvalue weighted by atomic mass is 16.3. The van der Waals surface area contributed by atoms with E-state index in [9.17, 15) is 5.11 Å². The molecule has 0 amide bonds. The van der Waals surface area contributed by atoms with Crippen molar-refractivity contribution in [2.75, 3.05) is 32.7 Å². The fraction of sp³-hybridized carbons (Fsp3) is 1.00. The summed E-state index contributed by atoms with van der Waals surface area (Å²) in [6, 6.07) is 0.660. The van der Waals surface area contributed by atoms with Gasteiger partial charge in [-0.1, -0.05) is 20.8 Å². The number of hydrogen-bond donors (Lipinski definition) is 1. The summed E-state index contributed by atoms with van der Waals surface area (Å²) in [7, 11) is 0. The predicted octanol–water partition coefficient (Wildman–Crippen LogP) is 2.20. The monoisotopic (exact) mass is 268 g/mol. The van der Waals surface area contributed by atoms with Crippen LogP contribution in [0.4, 0.5) is 0 Å². The van der Waals surface area contributed by atoms with Crippen molar-refractivity contribution in [1.82, 2.24) is 9.80 Å². The molecule has 19 heavy (non-hydrogen) atoms. The molecule has 3 heteroatoms. The van der Waals surface area contributed by atoms with Crippen molar-refractivity contribution in [2.45, 2.75) is 59.1 Å². The summed E-state index contributed by atoms with van der Waals surface area (Å²) in [6.45, 7) is 15.0. The van der Waals surface area contributed by atoms with E-state index < -0.39 is 0 Å². The molecule has 1 aliphatic heterocycles. The van der Waals surface area contributed by atoms with Crippen molar-refractivity contribution in [2.24, 2.45) is 11.3 Å². The van der Waals surface area contributed by atoms with Crippen LogP contribution in [-0.4, -0.2) is 59.8 Å². The van der Waals surface area contributed by atoms with Gasteiger partial charge in [-0.15, -0.1) is 0 Å². The lowest BCUT2D eigenvalue weighted by Crippen LogP contribution is -2.53. The summed E-state index contributed by atoms with van der Waals surface area (Å²) in [5.41, 5.74) is 0.417.